The summed E-state index contributed by atoms with van der Waals surface area (Å²) in [5.74, 6) is -0.225. The molecule has 1 aromatic carbocycles. The summed E-state index contributed by atoms with van der Waals surface area (Å²) in [6, 6.07) is 5.55. The molecular weight excluding hydrogens is 341 g/mol. The average Bonchev–Trinajstić information content (AvgIpc) is 3.10. The maximum atomic E-state index is 13.2. The van der Waals surface area contributed by atoms with Gasteiger partial charge in [-0.2, -0.15) is 0 Å². The van der Waals surface area contributed by atoms with Crippen LogP contribution in [0.1, 0.15) is 22.8 Å². The van der Waals surface area contributed by atoms with Crippen LogP contribution in [0.4, 0.5) is 4.39 Å². The lowest BCUT2D eigenvalue weighted by molar-refractivity contribution is 0.106. The predicted molar refractivity (Wildman–Crippen MR) is 89.3 cm³/mol. The van der Waals surface area contributed by atoms with Gasteiger partial charge < -0.3 is 14.4 Å². The van der Waals surface area contributed by atoms with Crippen LogP contribution in [0.25, 0.3) is 11.3 Å². The van der Waals surface area contributed by atoms with E-state index in [9.17, 15) is 14.3 Å². The zero-order valence-corrected chi connectivity index (χ0v) is 14.0. The van der Waals surface area contributed by atoms with Gasteiger partial charge in [0, 0.05) is 23.6 Å². The van der Waals surface area contributed by atoms with Crippen LogP contribution in [0, 0.1) is 12.7 Å². The van der Waals surface area contributed by atoms with Crippen molar-refractivity contribution in [1.29, 1.82) is 0 Å². The molecule has 3 aromatic rings. The van der Waals surface area contributed by atoms with Crippen LogP contribution >= 0.6 is 0 Å². The Hall–Kier alpha value is -3.00. The fourth-order valence-corrected chi connectivity index (χ4v) is 3.01. The molecule has 7 nitrogen and oxygen atoms in total. The van der Waals surface area contributed by atoms with Gasteiger partial charge >= 0.3 is 0 Å². The van der Waals surface area contributed by atoms with Gasteiger partial charge in [-0.05, 0) is 25.1 Å². The third kappa shape index (κ3) is 2.88. The molecule has 134 valence electrons. The Balaban J connectivity index is 1.66. The Labute approximate surface area is 147 Å². The molecule has 8 heteroatoms. The van der Waals surface area contributed by atoms with Crippen molar-refractivity contribution in [1.82, 2.24) is 14.7 Å². The molecule has 2 aromatic heterocycles. The van der Waals surface area contributed by atoms with Crippen LogP contribution < -0.4 is 5.56 Å². The van der Waals surface area contributed by atoms with E-state index in [0.29, 0.717) is 53.7 Å². The lowest BCUT2D eigenvalue weighted by Crippen LogP contribution is -2.32. The number of ether oxygens (including phenoxy) is 1. The molecule has 26 heavy (non-hydrogen) atoms. The molecule has 0 atom stereocenters. The third-order valence-electron chi connectivity index (χ3n) is 4.38. The third-order valence-corrected chi connectivity index (χ3v) is 4.38. The number of phenolic OH excluding ortho intramolecular Hbond substituents is 1. The van der Waals surface area contributed by atoms with Crippen LogP contribution in [0.15, 0.2) is 33.6 Å². The van der Waals surface area contributed by atoms with E-state index in [2.05, 4.69) is 10.1 Å². The number of aromatic hydroxyl groups is 1. The standard InChI is InChI=1S/C18H16FN3O4/c1-10-20-15-9-25-5-4-13(15)18(24)22(10)8-12-7-17(26-21-12)11-2-3-14(19)16(23)6-11/h2-3,6-7,23H,4-5,8-9H2,1H3. The van der Waals surface area contributed by atoms with E-state index in [1.807, 2.05) is 0 Å². The Bertz CT molecular complexity index is 1040. The van der Waals surface area contributed by atoms with Crippen LogP contribution in [0.2, 0.25) is 0 Å². The normalized spacial score (nSPS) is 13.6. The number of rotatable bonds is 3. The second kappa shape index (κ2) is 6.38. The highest BCUT2D eigenvalue weighted by Crippen LogP contribution is 2.26. The first-order chi connectivity index (χ1) is 12.5. The molecule has 0 saturated heterocycles. The maximum absolute atomic E-state index is 13.2. The predicted octanol–water partition coefficient (Wildman–Crippen LogP) is 2.17. The molecule has 0 amide bonds. The number of benzene rings is 1. The Kier molecular flexibility index (Phi) is 4.04. The summed E-state index contributed by atoms with van der Waals surface area (Å²) in [6.45, 7) is 2.83. The topological polar surface area (TPSA) is 90.4 Å². The molecule has 0 unspecified atom stereocenters. The van der Waals surface area contributed by atoms with Crippen molar-refractivity contribution in [3.8, 4) is 17.1 Å². The van der Waals surface area contributed by atoms with E-state index in [0.717, 1.165) is 6.07 Å². The number of aryl methyl sites for hydroxylation is 1. The van der Waals surface area contributed by atoms with Crippen molar-refractivity contribution in [2.75, 3.05) is 6.61 Å². The van der Waals surface area contributed by atoms with Gasteiger partial charge in [0.15, 0.2) is 17.3 Å². The molecule has 1 N–H and O–H groups in total. The number of nitrogens with zero attached hydrogens (tertiary/aromatic N) is 3. The van der Waals surface area contributed by atoms with Crippen molar-refractivity contribution in [3.63, 3.8) is 0 Å². The summed E-state index contributed by atoms with van der Waals surface area (Å²) in [6.07, 6.45) is 0.542. The minimum atomic E-state index is -0.709. The van der Waals surface area contributed by atoms with Gasteiger partial charge in [-0.25, -0.2) is 9.37 Å². The highest BCUT2D eigenvalue weighted by atomic mass is 19.1. The lowest BCUT2D eigenvalue weighted by Gasteiger charge is -2.18. The van der Waals surface area contributed by atoms with Crippen molar-refractivity contribution in [2.24, 2.45) is 0 Å². The van der Waals surface area contributed by atoms with E-state index in [-0.39, 0.29) is 12.1 Å². The van der Waals surface area contributed by atoms with Gasteiger partial charge in [-0.1, -0.05) is 5.16 Å². The van der Waals surface area contributed by atoms with Crippen molar-refractivity contribution < 1.29 is 18.8 Å². The summed E-state index contributed by atoms with van der Waals surface area (Å²) < 4.78 is 25.4. The summed E-state index contributed by atoms with van der Waals surface area (Å²) in [5.41, 5.74) is 2.29. The largest absolute Gasteiger partial charge is 0.505 e. The molecule has 1 aliphatic heterocycles. The minimum absolute atomic E-state index is 0.0974. The quantitative estimate of drug-likeness (QED) is 0.773. The number of aromatic nitrogens is 3. The molecule has 1 aliphatic rings. The van der Waals surface area contributed by atoms with Crippen LogP contribution in [0.3, 0.4) is 0 Å². The van der Waals surface area contributed by atoms with Crippen molar-refractivity contribution in [2.45, 2.75) is 26.5 Å². The highest BCUT2D eigenvalue weighted by molar-refractivity contribution is 5.59. The van der Waals surface area contributed by atoms with Crippen molar-refractivity contribution in [3.05, 3.63) is 63.2 Å². The smallest absolute Gasteiger partial charge is 0.257 e. The average molecular weight is 357 g/mol. The number of hydrogen-bond donors (Lipinski definition) is 1. The zero-order valence-electron chi connectivity index (χ0n) is 14.0. The molecule has 3 heterocycles. The zero-order chi connectivity index (χ0) is 18.3. The van der Waals surface area contributed by atoms with E-state index >= 15 is 0 Å². The Morgan fingerprint density at radius 2 is 2.19 bits per heavy atom. The fraction of sp³-hybridized carbons (Fsp3) is 0.278. The summed E-state index contributed by atoms with van der Waals surface area (Å²) in [5, 5.41) is 13.5. The van der Waals surface area contributed by atoms with Crippen LogP contribution in [-0.4, -0.2) is 26.4 Å². The van der Waals surface area contributed by atoms with Gasteiger partial charge in [-0.15, -0.1) is 0 Å². The molecule has 0 fully saturated rings. The molecule has 0 radical (unpaired) electrons. The van der Waals surface area contributed by atoms with Gasteiger partial charge in [0.1, 0.15) is 11.5 Å². The fourth-order valence-electron chi connectivity index (χ4n) is 3.01. The Morgan fingerprint density at radius 3 is 3.00 bits per heavy atom. The number of phenols is 1. The van der Waals surface area contributed by atoms with E-state index in [1.165, 1.54) is 12.1 Å². The van der Waals surface area contributed by atoms with Gasteiger partial charge in [0.05, 0.1) is 25.5 Å². The van der Waals surface area contributed by atoms with Crippen molar-refractivity contribution >= 4 is 0 Å². The second-order valence-electron chi connectivity index (χ2n) is 6.13. The SMILES string of the molecule is Cc1nc2c(c(=O)n1Cc1cc(-c3ccc(F)c(O)c3)on1)CCOC2. The van der Waals surface area contributed by atoms with Gasteiger partial charge in [-0.3, -0.25) is 9.36 Å². The molecule has 0 spiro atoms. The Morgan fingerprint density at radius 1 is 1.35 bits per heavy atom. The van der Waals surface area contributed by atoms with Crippen LogP contribution in [0.5, 0.6) is 5.75 Å². The first-order valence-corrected chi connectivity index (χ1v) is 8.14. The van der Waals surface area contributed by atoms with E-state index in [4.69, 9.17) is 9.26 Å². The first-order valence-electron chi connectivity index (χ1n) is 8.14. The number of hydrogen-bond acceptors (Lipinski definition) is 6. The lowest BCUT2D eigenvalue weighted by atomic mass is 10.1. The molecule has 0 bridgehead atoms. The molecule has 4 rings (SSSR count). The monoisotopic (exact) mass is 357 g/mol. The van der Waals surface area contributed by atoms with E-state index in [1.54, 1.807) is 17.6 Å². The summed E-state index contributed by atoms with van der Waals surface area (Å²) >= 11 is 0. The maximum Gasteiger partial charge on any atom is 0.257 e. The first kappa shape index (κ1) is 16.5. The minimum Gasteiger partial charge on any atom is -0.505 e. The second-order valence-corrected chi connectivity index (χ2v) is 6.13. The highest BCUT2D eigenvalue weighted by Gasteiger charge is 2.19. The molecule has 0 saturated carbocycles. The van der Waals surface area contributed by atoms with Gasteiger partial charge in [0.2, 0.25) is 0 Å². The number of halogens is 1. The molecule has 0 aliphatic carbocycles. The van der Waals surface area contributed by atoms with Crippen LogP contribution in [-0.2, 0) is 24.3 Å². The molecular formula is C18H16FN3O4. The van der Waals surface area contributed by atoms with E-state index < -0.39 is 11.6 Å². The summed E-state index contributed by atoms with van der Waals surface area (Å²) in [4.78, 5) is 17.2. The van der Waals surface area contributed by atoms with Gasteiger partial charge in [0.25, 0.3) is 5.56 Å². The number of fused-ring (bicyclic) bond motifs is 1. The summed E-state index contributed by atoms with van der Waals surface area (Å²) in [7, 11) is 0.